The van der Waals surface area contributed by atoms with Gasteiger partial charge in [0.25, 0.3) is 5.91 Å². The lowest BCUT2D eigenvalue weighted by atomic mass is 10.0. The third kappa shape index (κ3) is 5.19. The number of hydrogen-bond acceptors (Lipinski definition) is 2. The average molecular weight is 381 g/mol. The van der Waals surface area contributed by atoms with Crippen LogP contribution in [-0.4, -0.2) is 26.0 Å². The highest BCUT2D eigenvalue weighted by molar-refractivity contribution is 6.42. The maximum atomic E-state index is 12.6. The van der Waals surface area contributed by atoms with Gasteiger partial charge < -0.3 is 10.2 Å². The largest absolute Gasteiger partial charge is 0.341 e. The van der Waals surface area contributed by atoms with Crippen LogP contribution in [0, 0.1) is 0 Å². The maximum absolute atomic E-state index is 12.6. The fourth-order valence-corrected chi connectivity index (χ4v) is 2.95. The van der Waals surface area contributed by atoms with E-state index in [1.165, 1.54) is 7.05 Å². The molecule has 0 saturated carbocycles. The summed E-state index contributed by atoms with van der Waals surface area (Å²) >= 11 is 12.0. The summed E-state index contributed by atoms with van der Waals surface area (Å²) in [5.41, 5.74) is 1.77. The molecule has 0 spiro atoms. The van der Waals surface area contributed by atoms with Gasteiger partial charge in [0.2, 0.25) is 0 Å². The molecule has 0 bridgehead atoms. The Balaban J connectivity index is 2.25. The first-order valence-electron chi connectivity index (χ1n) is 7.76. The SMILES string of the molecule is CNC(=O)NC(=O)[C@H](c1ccccc1)[NH+](C)Cc1ccc(Cl)c(Cl)c1. The summed E-state index contributed by atoms with van der Waals surface area (Å²) in [5.74, 6) is -0.372. The lowest BCUT2D eigenvalue weighted by molar-refractivity contribution is -0.916. The van der Waals surface area contributed by atoms with Crippen LogP contribution in [0.3, 0.4) is 0 Å². The van der Waals surface area contributed by atoms with Crippen molar-refractivity contribution in [2.75, 3.05) is 14.1 Å². The molecule has 0 aliphatic rings. The van der Waals surface area contributed by atoms with Gasteiger partial charge >= 0.3 is 6.03 Å². The number of carbonyl (C=O) groups excluding carboxylic acids is 2. The molecular weight excluding hydrogens is 361 g/mol. The molecule has 0 aromatic heterocycles. The minimum atomic E-state index is -0.548. The van der Waals surface area contributed by atoms with Crippen molar-refractivity contribution in [1.29, 1.82) is 0 Å². The van der Waals surface area contributed by atoms with Crippen LogP contribution in [0.4, 0.5) is 4.79 Å². The Labute approximate surface area is 156 Å². The van der Waals surface area contributed by atoms with Crippen LogP contribution in [-0.2, 0) is 11.3 Å². The van der Waals surface area contributed by atoms with Gasteiger partial charge in [0.15, 0.2) is 6.04 Å². The standard InChI is InChI=1S/C18H19Cl2N3O2/c1-21-18(25)22-17(24)16(13-6-4-3-5-7-13)23(2)11-12-8-9-14(19)15(20)10-12/h3-10,16H,11H2,1-2H3,(H2,21,22,24,25)/p+1/t16-/m0/s1. The average Bonchev–Trinajstić information content (AvgIpc) is 2.59. The highest BCUT2D eigenvalue weighted by atomic mass is 35.5. The molecule has 0 radical (unpaired) electrons. The predicted octanol–water partition coefficient (Wildman–Crippen LogP) is 2.21. The van der Waals surface area contributed by atoms with E-state index in [-0.39, 0.29) is 5.91 Å². The summed E-state index contributed by atoms with van der Waals surface area (Å²) < 4.78 is 0. The van der Waals surface area contributed by atoms with Crippen molar-refractivity contribution < 1.29 is 14.5 Å². The zero-order valence-electron chi connectivity index (χ0n) is 14.0. The molecule has 2 rings (SSSR count). The summed E-state index contributed by atoms with van der Waals surface area (Å²) in [6.07, 6.45) is 0. The first-order valence-corrected chi connectivity index (χ1v) is 8.51. The predicted molar refractivity (Wildman–Crippen MR) is 98.8 cm³/mol. The monoisotopic (exact) mass is 380 g/mol. The van der Waals surface area contributed by atoms with E-state index in [1.54, 1.807) is 12.1 Å². The van der Waals surface area contributed by atoms with E-state index < -0.39 is 12.1 Å². The fourth-order valence-electron chi connectivity index (χ4n) is 2.63. The Morgan fingerprint density at radius 1 is 1.08 bits per heavy atom. The first-order chi connectivity index (χ1) is 11.9. The van der Waals surface area contributed by atoms with Gasteiger partial charge in [-0.15, -0.1) is 0 Å². The number of benzene rings is 2. The van der Waals surface area contributed by atoms with Gasteiger partial charge in [-0.3, -0.25) is 10.1 Å². The van der Waals surface area contributed by atoms with Crippen molar-refractivity contribution >= 4 is 35.1 Å². The molecule has 7 heteroatoms. The maximum Gasteiger partial charge on any atom is 0.321 e. The minimum Gasteiger partial charge on any atom is -0.341 e. The first kappa shape index (κ1) is 19.2. The molecule has 3 amide bonds. The number of hydrogen-bond donors (Lipinski definition) is 3. The Kier molecular flexibility index (Phi) is 6.82. The summed E-state index contributed by atoms with van der Waals surface area (Å²) in [6, 6.07) is 13.6. The van der Waals surface area contributed by atoms with Crippen molar-refractivity contribution in [1.82, 2.24) is 10.6 Å². The summed E-state index contributed by atoms with van der Waals surface area (Å²) in [4.78, 5) is 25.1. The number of likely N-dealkylation sites (N-methyl/N-ethyl adjacent to an activating group) is 1. The highest BCUT2D eigenvalue weighted by Crippen LogP contribution is 2.22. The van der Waals surface area contributed by atoms with Crippen LogP contribution in [0.2, 0.25) is 10.0 Å². The van der Waals surface area contributed by atoms with Gasteiger partial charge in [0.05, 0.1) is 17.1 Å². The van der Waals surface area contributed by atoms with Crippen LogP contribution < -0.4 is 15.5 Å². The van der Waals surface area contributed by atoms with E-state index in [1.807, 2.05) is 43.4 Å². The summed E-state index contributed by atoms with van der Waals surface area (Å²) in [5, 5.41) is 5.71. The van der Waals surface area contributed by atoms with Crippen molar-refractivity contribution in [2.24, 2.45) is 0 Å². The third-order valence-electron chi connectivity index (χ3n) is 3.82. The van der Waals surface area contributed by atoms with E-state index in [4.69, 9.17) is 23.2 Å². The van der Waals surface area contributed by atoms with Crippen LogP contribution in [0.1, 0.15) is 17.2 Å². The number of amides is 3. The fraction of sp³-hybridized carbons (Fsp3) is 0.222. The Hall–Kier alpha value is -2.08. The van der Waals surface area contributed by atoms with Crippen molar-refractivity contribution in [2.45, 2.75) is 12.6 Å². The van der Waals surface area contributed by atoms with E-state index in [0.29, 0.717) is 16.6 Å². The molecule has 3 N–H and O–H groups in total. The molecule has 0 fully saturated rings. The zero-order valence-corrected chi connectivity index (χ0v) is 15.5. The van der Waals surface area contributed by atoms with Crippen LogP contribution in [0.5, 0.6) is 0 Å². The number of urea groups is 1. The Bertz CT molecular complexity index is 753. The van der Waals surface area contributed by atoms with Crippen LogP contribution in [0.25, 0.3) is 0 Å². The molecule has 0 heterocycles. The Morgan fingerprint density at radius 3 is 2.36 bits per heavy atom. The zero-order chi connectivity index (χ0) is 18.4. The molecule has 0 saturated heterocycles. The topological polar surface area (TPSA) is 62.6 Å². The quantitative estimate of drug-likeness (QED) is 0.744. The molecule has 2 atom stereocenters. The van der Waals surface area contributed by atoms with E-state index >= 15 is 0 Å². The summed E-state index contributed by atoms with van der Waals surface area (Å²) in [6.45, 7) is 0.539. The van der Waals surface area contributed by atoms with Gasteiger partial charge in [-0.05, 0) is 12.1 Å². The molecule has 2 aromatic carbocycles. The van der Waals surface area contributed by atoms with Gasteiger partial charge in [0, 0.05) is 18.2 Å². The number of halogens is 2. The molecule has 0 aliphatic carbocycles. The van der Waals surface area contributed by atoms with Crippen molar-refractivity contribution in [3.05, 3.63) is 69.7 Å². The lowest BCUT2D eigenvalue weighted by Gasteiger charge is -2.24. The molecule has 25 heavy (non-hydrogen) atoms. The second kappa shape index (κ2) is 8.85. The van der Waals surface area contributed by atoms with E-state index in [9.17, 15) is 9.59 Å². The number of quaternary nitrogens is 1. The van der Waals surface area contributed by atoms with Gasteiger partial charge in [0.1, 0.15) is 6.54 Å². The minimum absolute atomic E-state index is 0.372. The molecule has 1 unspecified atom stereocenters. The van der Waals surface area contributed by atoms with Crippen molar-refractivity contribution in [3.8, 4) is 0 Å². The highest BCUT2D eigenvalue weighted by Gasteiger charge is 2.30. The van der Waals surface area contributed by atoms with E-state index in [0.717, 1.165) is 16.0 Å². The van der Waals surface area contributed by atoms with Crippen molar-refractivity contribution in [3.63, 3.8) is 0 Å². The normalized spacial score (nSPS) is 13.0. The number of imide groups is 1. The molecule has 0 aliphatic heterocycles. The van der Waals surface area contributed by atoms with Gasteiger partial charge in [-0.2, -0.15) is 0 Å². The number of nitrogens with one attached hydrogen (secondary N) is 3. The summed E-state index contributed by atoms with van der Waals surface area (Å²) in [7, 11) is 3.36. The molecule has 5 nitrogen and oxygen atoms in total. The second-order valence-corrected chi connectivity index (χ2v) is 6.50. The Morgan fingerprint density at radius 2 is 1.76 bits per heavy atom. The smallest absolute Gasteiger partial charge is 0.321 e. The third-order valence-corrected chi connectivity index (χ3v) is 4.56. The van der Waals surface area contributed by atoms with Gasteiger partial charge in [-0.1, -0.05) is 59.6 Å². The molecular formula is C18H20Cl2N3O2+. The van der Waals surface area contributed by atoms with E-state index in [2.05, 4.69) is 10.6 Å². The molecule has 2 aromatic rings. The number of rotatable bonds is 5. The molecule has 132 valence electrons. The van der Waals surface area contributed by atoms with Gasteiger partial charge in [-0.25, -0.2) is 4.79 Å². The van der Waals surface area contributed by atoms with Crippen LogP contribution in [0.15, 0.2) is 48.5 Å². The number of carbonyl (C=O) groups is 2. The second-order valence-electron chi connectivity index (χ2n) is 5.68. The van der Waals surface area contributed by atoms with Crippen LogP contribution >= 0.6 is 23.2 Å². The lowest BCUT2D eigenvalue weighted by Crippen LogP contribution is -3.09.